The summed E-state index contributed by atoms with van der Waals surface area (Å²) in [6, 6.07) is 4.78. The Hall–Kier alpha value is -2.08. The average molecular weight is 279 g/mol. The van der Waals surface area contributed by atoms with Gasteiger partial charge < -0.3 is 19.8 Å². The molecule has 1 amide bonds. The fourth-order valence-corrected chi connectivity index (χ4v) is 2.25. The summed E-state index contributed by atoms with van der Waals surface area (Å²) in [5.41, 5.74) is 1.02. The van der Waals surface area contributed by atoms with E-state index < -0.39 is 12.1 Å². The van der Waals surface area contributed by atoms with Gasteiger partial charge in [-0.3, -0.25) is 4.79 Å². The molecule has 6 nitrogen and oxygen atoms in total. The Morgan fingerprint density at radius 1 is 1.35 bits per heavy atom. The highest BCUT2D eigenvalue weighted by molar-refractivity contribution is 5.97. The van der Waals surface area contributed by atoms with Crippen molar-refractivity contribution in [2.24, 2.45) is 0 Å². The lowest BCUT2D eigenvalue weighted by molar-refractivity contribution is -0.160. The third kappa shape index (κ3) is 2.91. The first-order valence-corrected chi connectivity index (χ1v) is 6.35. The molecule has 1 aliphatic heterocycles. The second-order valence-corrected chi connectivity index (χ2v) is 5.00. The van der Waals surface area contributed by atoms with Crippen molar-refractivity contribution in [1.29, 1.82) is 0 Å². The van der Waals surface area contributed by atoms with E-state index in [1.807, 2.05) is 6.92 Å². The van der Waals surface area contributed by atoms with Gasteiger partial charge in [-0.1, -0.05) is 6.07 Å². The molecule has 108 valence electrons. The van der Waals surface area contributed by atoms with Crippen LogP contribution in [0.25, 0.3) is 0 Å². The zero-order valence-electron chi connectivity index (χ0n) is 11.4. The van der Waals surface area contributed by atoms with Crippen molar-refractivity contribution in [2.45, 2.75) is 26.1 Å². The van der Waals surface area contributed by atoms with Crippen molar-refractivity contribution in [3.8, 4) is 5.75 Å². The van der Waals surface area contributed by atoms with Crippen LogP contribution in [-0.2, 0) is 9.53 Å². The fourth-order valence-electron chi connectivity index (χ4n) is 2.25. The molecule has 0 aromatic heterocycles. The lowest BCUT2D eigenvalue weighted by Gasteiger charge is -2.35. The minimum absolute atomic E-state index is 0.0220. The number of carbonyl (C=O) groups excluding carboxylic acids is 1. The number of phenolic OH excluding ortho intramolecular Hbond substituents is 1. The van der Waals surface area contributed by atoms with Crippen LogP contribution in [0.15, 0.2) is 18.2 Å². The number of benzene rings is 1. The summed E-state index contributed by atoms with van der Waals surface area (Å²) in [4.78, 5) is 24.8. The second kappa shape index (κ2) is 5.50. The van der Waals surface area contributed by atoms with Gasteiger partial charge in [0.2, 0.25) is 0 Å². The number of amides is 1. The van der Waals surface area contributed by atoms with Crippen molar-refractivity contribution in [3.05, 3.63) is 29.3 Å². The number of rotatable bonds is 2. The Balaban J connectivity index is 2.21. The number of carboxylic acid groups (broad SMARTS) is 1. The molecule has 1 fully saturated rings. The summed E-state index contributed by atoms with van der Waals surface area (Å²) in [5.74, 6) is -1.58. The maximum absolute atomic E-state index is 12.4. The number of ether oxygens (including phenoxy) is 1. The zero-order valence-corrected chi connectivity index (χ0v) is 11.4. The average Bonchev–Trinajstić information content (AvgIpc) is 2.37. The van der Waals surface area contributed by atoms with E-state index in [2.05, 4.69) is 0 Å². The molecule has 6 heteroatoms. The molecule has 1 aromatic carbocycles. The molecule has 0 spiro atoms. The summed E-state index contributed by atoms with van der Waals surface area (Å²) in [7, 11) is 0. The van der Waals surface area contributed by atoms with Gasteiger partial charge in [-0.15, -0.1) is 0 Å². The predicted molar refractivity (Wildman–Crippen MR) is 70.7 cm³/mol. The van der Waals surface area contributed by atoms with Crippen LogP contribution in [-0.4, -0.2) is 52.3 Å². The molecule has 1 saturated heterocycles. The van der Waals surface area contributed by atoms with Gasteiger partial charge in [-0.05, 0) is 31.5 Å². The minimum atomic E-state index is -1.09. The van der Waals surface area contributed by atoms with E-state index in [-0.39, 0.29) is 29.9 Å². The van der Waals surface area contributed by atoms with Crippen LogP contribution in [0.4, 0.5) is 0 Å². The van der Waals surface area contributed by atoms with Crippen LogP contribution < -0.4 is 0 Å². The minimum Gasteiger partial charge on any atom is -0.507 e. The molecule has 0 radical (unpaired) electrons. The van der Waals surface area contributed by atoms with Crippen LogP contribution in [0.2, 0.25) is 0 Å². The monoisotopic (exact) mass is 279 g/mol. The topological polar surface area (TPSA) is 87.1 Å². The number of hydrogen-bond acceptors (Lipinski definition) is 4. The molecule has 1 aliphatic rings. The number of carbonyl (C=O) groups is 2. The zero-order chi connectivity index (χ0) is 14.9. The van der Waals surface area contributed by atoms with Gasteiger partial charge in [0, 0.05) is 6.54 Å². The molecule has 0 saturated carbocycles. The lowest BCUT2D eigenvalue weighted by atomic mass is 10.1. The fraction of sp³-hybridized carbons (Fsp3) is 0.429. The highest BCUT2D eigenvalue weighted by Crippen LogP contribution is 2.22. The Bertz CT molecular complexity index is 542. The maximum atomic E-state index is 12.4. The number of aryl methyl sites for hydroxylation is 1. The van der Waals surface area contributed by atoms with E-state index in [0.717, 1.165) is 5.56 Å². The first-order valence-electron chi connectivity index (χ1n) is 6.35. The van der Waals surface area contributed by atoms with E-state index >= 15 is 0 Å². The Morgan fingerprint density at radius 3 is 2.65 bits per heavy atom. The van der Waals surface area contributed by atoms with E-state index in [1.165, 1.54) is 11.0 Å². The van der Waals surface area contributed by atoms with Crippen LogP contribution >= 0.6 is 0 Å². The summed E-state index contributed by atoms with van der Waals surface area (Å²) in [6.07, 6.45) is -1.39. The SMILES string of the molecule is Cc1ccc(C(=O)N2CC(C(=O)O)O[C@H](C)C2)c(O)c1. The van der Waals surface area contributed by atoms with Crippen molar-refractivity contribution in [3.63, 3.8) is 0 Å². The third-order valence-electron chi connectivity index (χ3n) is 3.21. The molecule has 1 aromatic rings. The van der Waals surface area contributed by atoms with Gasteiger partial charge in [0.1, 0.15) is 5.75 Å². The molecule has 20 heavy (non-hydrogen) atoms. The first kappa shape index (κ1) is 14.3. The van der Waals surface area contributed by atoms with Crippen molar-refractivity contribution in [2.75, 3.05) is 13.1 Å². The van der Waals surface area contributed by atoms with E-state index in [4.69, 9.17) is 9.84 Å². The summed E-state index contributed by atoms with van der Waals surface area (Å²) < 4.78 is 5.26. The van der Waals surface area contributed by atoms with E-state index in [0.29, 0.717) is 6.54 Å². The standard InChI is InChI=1S/C14H17NO5/c1-8-3-4-10(11(16)5-8)13(17)15-6-9(2)20-12(7-15)14(18)19/h3-5,9,12,16H,6-7H2,1-2H3,(H,18,19)/t9-,12?/m1/s1. The molecule has 2 N–H and O–H groups in total. The van der Waals surface area contributed by atoms with Crippen LogP contribution in [0.5, 0.6) is 5.75 Å². The highest BCUT2D eigenvalue weighted by Gasteiger charge is 2.33. The number of hydrogen-bond donors (Lipinski definition) is 2. The van der Waals surface area contributed by atoms with Gasteiger partial charge in [0.25, 0.3) is 5.91 Å². The molecule has 0 bridgehead atoms. The number of morpholine rings is 1. The van der Waals surface area contributed by atoms with Gasteiger partial charge >= 0.3 is 5.97 Å². The van der Waals surface area contributed by atoms with E-state index in [9.17, 15) is 14.7 Å². The smallest absolute Gasteiger partial charge is 0.334 e. The lowest BCUT2D eigenvalue weighted by Crippen LogP contribution is -2.51. The number of aliphatic carboxylic acids is 1. The molecule has 2 rings (SSSR count). The molecule has 1 heterocycles. The quantitative estimate of drug-likeness (QED) is 0.843. The summed E-state index contributed by atoms with van der Waals surface area (Å²) >= 11 is 0. The Labute approximate surface area is 116 Å². The van der Waals surface area contributed by atoms with Crippen molar-refractivity contribution in [1.82, 2.24) is 4.90 Å². The Morgan fingerprint density at radius 2 is 2.05 bits per heavy atom. The highest BCUT2D eigenvalue weighted by atomic mass is 16.5. The van der Waals surface area contributed by atoms with Crippen molar-refractivity contribution < 1.29 is 24.5 Å². The first-order chi connectivity index (χ1) is 9.38. The van der Waals surface area contributed by atoms with Crippen molar-refractivity contribution >= 4 is 11.9 Å². The third-order valence-corrected chi connectivity index (χ3v) is 3.21. The van der Waals surface area contributed by atoms with Gasteiger partial charge in [0.05, 0.1) is 18.2 Å². The number of nitrogens with zero attached hydrogens (tertiary/aromatic N) is 1. The summed E-state index contributed by atoms with van der Waals surface area (Å²) in [6.45, 7) is 3.80. The second-order valence-electron chi connectivity index (χ2n) is 5.00. The van der Waals surface area contributed by atoms with Gasteiger partial charge in [0.15, 0.2) is 6.10 Å². The van der Waals surface area contributed by atoms with Gasteiger partial charge in [-0.25, -0.2) is 4.79 Å². The predicted octanol–water partition coefficient (Wildman–Crippen LogP) is 1.01. The number of phenols is 1. The number of aromatic hydroxyl groups is 1. The molecular formula is C14H17NO5. The summed E-state index contributed by atoms with van der Waals surface area (Å²) in [5, 5.41) is 18.8. The largest absolute Gasteiger partial charge is 0.507 e. The number of carboxylic acids is 1. The Kier molecular flexibility index (Phi) is 3.94. The van der Waals surface area contributed by atoms with Crippen LogP contribution in [0.3, 0.4) is 0 Å². The van der Waals surface area contributed by atoms with Gasteiger partial charge in [-0.2, -0.15) is 0 Å². The maximum Gasteiger partial charge on any atom is 0.334 e. The molecule has 1 unspecified atom stereocenters. The molecule has 2 atom stereocenters. The molecular weight excluding hydrogens is 262 g/mol. The normalized spacial score (nSPS) is 22.6. The van der Waals surface area contributed by atoms with Crippen LogP contribution in [0, 0.1) is 6.92 Å². The van der Waals surface area contributed by atoms with E-state index in [1.54, 1.807) is 19.1 Å². The molecule has 0 aliphatic carbocycles. The van der Waals surface area contributed by atoms with Crippen LogP contribution in [0.1, 0.15) is 22.8 Å².